The van der Waals surface area contributed by atoms with Crippen LogP contribution in [0.4, 0.5) is 0 Å². The normalized spacial score (nSPS) is 30.3. The maximum Gasteiger partial charge on any atom is 0.202 e. The van der Waals surface area contributed by atoms with E-state index in [0.29, 0.717) is 0 Å². The summed E-state index contributed by atoms with van der Waals surface area (Å²) in [4.78, 5) is 39.6. The lowest BCUT2D eigenvalue weighted by Crippen LogP contribution is -2.52. The number of hydrogen-bond donors (Lipinski definition) is 5. The molecule has 11 nitrogen and oxygen atoms in total. The molecule has 0 spiro atoms. The third kappa shape index (κ3) is 3.81. The highest BCUT2D eigenvalue weighted by Gasteiger charge is 2.49. The number of aromatic hydroxyl groups is 2. The molecule has 1 fully saturated rings. The average Bonchev–Trinajstić information content (AvgIpc) is 2.87. The number of phenols is 2. The van der Waals surface area contributed by atoms with Gasteiger partial charge in [0.2, 0.25) is 5.78 Å². The number of methoxy groups -OCH3 is 1. The van der Waals surface area contributed by atoms with E-state index in [4.69, 9.17) is 19.9 Å². The Labute approximate surface area is 217 Å². The minimum absolute atomic E-state index is 0.0147. The standard InChI is InChI=1S/C27H29NO10/c1-10-22(30)14(28)7-17(37-10)38-16-9-27(35,11(2)29)8-13-19(16)26(34)21-20(24(13)32)23(31)12-5-4-6-15(36-3)18(12)25(21)33/h4-6,10,14,16-17,22,30,32,34-35H,7-9,28H2,1-3H3/t10?,14?,16-,17+,22+,27-/m0/s1. The fraction of sp³-hybridized carbons (Fsp3) is 0.444. The predicted octanol–water partition coefficient (Wildman–Crippen LogP) is 1.03. The molecule has 1 heterocycles. The topological polar surface area (TPSA) is 186 Å². The van der Waals surface area contributed by atoms with Crippen LogP contribution in [0.1, 0.15) is 75.8 Å². The van der Waals surface area contributed by atoms with Gasteiger partial charge in [-0.3, -0.25) is 14.4 Å². The molecule has 1 saturated heterocycles. The fourth-order valence-corrected chi connectivity index (χ4v) is 5.66. The first-order chi connectivity index (χ1) is 17.9. The number of rotatable bonds is 4. The van der Waals surface area contributed by atoms with Crippen LogP contribution in [0.3, 0.4) is 0 Å². The Morgan fingerprint density at radius 2 is 1.82 bits per heavy atom. The lowest BCUT2D eigenvalue weighted by Gasteiger charge is -2.42. The van der Waals surface area contributed by atoms with Crippen molar-refractivity contribution in [1.29, 1.82) is 0 Å². The van der Waals surface area contributed by atoms with Crippen LogP contribution in [-0.4, -0.2) is 75.0 Å². The number of Topliss-reactive ketones (excluding diaryl/α,β-unsaturated/α-hetero) is 1. The summed E-state index contributed by atoms with van der Waals surface area (Å²) < 4.78 is 17.1. The van der Waals surface area contributed by atoms with Crippen LogP contribution in [0.5, 0.6) is 17.2 Å². The molecular weight excluding hydrogens is 498 g/mol. The lowest BCUT2D eigenvalue weighted by atomic mass is 9.72. The van der Waals surface area contributed by atoms with Gasteiger partial charge < -0.3 is 40.4 Å². The number of fused-ring (bicyclic) bond motifs is 3. The molecule has 5 rings (SSSR count). The van der Waals surface area contributed by atoms with Crippen molar-refractivity contribution < 1.29 is 49.0 Å². The molecule has 2 aliphatic carbocycles. The van der Waals surface area contributed by atoms with Crippen LogP contribution < -0.4 is 10.5 Å². The Morgan fingerprint density at radius 1 is 1.13 bits per heavy atom. The van der Waals surface area contributed by atoms with Crippen LogP contribution >= 0.6 is 0 Å². The van der Waals surface area contributed by atoms with E-state index in [1.54, 1.807) is 6.92 Å². The third-order valence-corrected chi connectivity index (χ3v) is 7.80. The van der Waals surface area contributed by atoms with Gasteiger partial charge in [-0.1, -0.05) is 12.1 Å². The molecule has 1 aliphatic heterocycles. The number of hydrogen-bond acceptors (Lipinski definition) is 11. The number of ether oxygens (including phenoxy) is 3. The molecule has 0 amide bonds. The van der Waals surface area contributed by atoms with Gasteiger partial charge in [0.1, 0.15) is 22.8 Å². The highest BCUT2D eigenvalue weighted by atomic mass is 16.7. The van der Waals surface area contributed by atoms with Gasteiger partial charge in [-0.05, 0) is 19.9 Å². The van der Waals surface area contributed by atoms with Gasteiger partial charge in [0.05, 0.1) is 42.1 Å². The highest BCUT2D eigenvalue weighted by Crippen LogP contribution is 2.52. The summed E-state index contributed by atoms with van der Waals surface area (Å²) in [6.07, 6.45) is -4.53. The zero-order valence-electron chi connectivity index (χ0n) is 21.1. The molecule has 38 heavy (non-hydrogen) atoms. The van der Waals surface area contributed by atoms with Crippen molar-refractivity contribution in [2.75, 3.05) is 7.11 Å². The summed E-state index contributed by atoms with van der Waals surface area (Å²) in [7, 11) is 1.34. The van der Waals surface area contributed by atoms with Gasteiger partial charge in [-0.2, -0.15) is 0 Å². The van der Waals surface area contributed by atoms with Crippen LogP contribution in [0.25, 0.3) is 0 Å². The highest BCUT2D eigenvalue weighted by molar-refractivity contribution is 6.31. The molecule has 0 aromatic heterocycles. The molecule has 6 N–H and O–H groups in total. The zero-order valence-corrected chi connectivity index (χ0v) is 21.1. The summed E-state index contributed by atoms with van der Waals surface area (Å²) in [6, 6.07) is 3.75. The number of nitrogens with two attached hydrogens (primary N) is 1. The maximum atomic E-state index is 13.6. The van der Waals surface area contributed by atoms with Crippen LogP contribution in [0.15, 0.2) is 18.2 Å². The molecule has 202 valence electrons. The zero-order chi connectivity index (χ0) is 27.7. The van der Waals surface area contributed by atoms with E-state index >= 15 is 0 Å². The van der Waals surface area contributed by atoms with Crippen molar-refractivity contribution in [3.63, 3.8) is 0 Å². The first-order valence-corrected chi connectivity index (χ1v) is 12.2. The summed E-state index contributed by atoms with van der Waals surface area (Å²) in [5.41, 5.74) is 2.97. The first kappa shape index (κ1) is 26.3. The van der Waals surface area contributed by atoms with E-state index in [9.17, 15) is 34.8 Å². The molecule has 6 atom stereocenters. The van der Waals surface area contributed by atoms with E-state index in [0.717, 1.165) is 0 Å². The largest absolute Gasteiger partial charge is 0.507 e. The molecule has 2 aromatic carbocycles. The molecule has 2 unspecified atom stereocenters. The molecule has 3 aliphatic rings. The Balaban J connectivity index is 1.68. The lowest BCUT2D eigenvalue weighted by molar-refractivity contribution is -0.247. The number of ketones is 3. The number of aliphatic hydroxyl groups excluding tert-OH is 1. The maximum absolute atomic E-state index is 13.6. The quantitative estimate of drug-likeness (QED) is 0.305. The number of carbonyl (C=O) groups is 3. The summed E-state index contributed by atoms with van der Waals surface area (Å²) in [5.74, 6) is -3.18. The van der Waals surface area contributed by atoms with Gasteiger partial charge in [0.25, 0.3) is 0 Å². The van der Waals surface area contributed by atoms with Gasteiger partial charge in [-0.25, -0.2) is 0 Å². The second kappa shape index (κ2) is 9.14. The Morgan fingerprint density at radius 3 is 2.45 bits per heavy atom. The minimum Gasteiger partial charge on any atom is -0.507 e. The van der Waals surface area contributed by atoms with E-state index in [2.05, 4.69) is 0 Å². The molecule has 2 aromatic rings. The van der Waals surface area contributed by atoms with Gasteiger partial charge >= 0.3 is 0 Å². The average molecular weight is 528 g/mol. The van der Waals surface area contributed by atoms with Crippen LogP contribution in [-0.2, 0) is 20.7 Å². The molecule has 11 heteroatoms. The van der Waals surface area contributed by atoms with Gasteiger partial charge in [0, 0.05) is 42.0 Å². The van der Waals surface area contributed by atoms with Gasteiger partial charge in [0.15, 0.2) is 17.9 Å². The predicted molar refractivity (Wildman–Crippen MR) is 130 cm³/mol. The summed E-state index contributed by atoms with van der Waals surface area (Å²) >= 11 is 0. The van der Waals surface area contributed by atoms with Crippen molar-refractivity contribution >= 4 is 17.3 Å². The van der Waals surface area contributed by atoms with Crippen LogP contribution in [0.2, 0.25) is 0 Å². The van der Waals surface area contributed by atoms with E-state index < -0.39 is 82.6 Å². The van der Waals surface area contributed by atoms with Gasteiger partial charge in [-0.15, -0.1) is 0 Å². The number of aliphatic hydroxyl groups is 2. The summed E-state index contributed by atoms with van der Waals surface area (Å²) in [6.45, 7) is 2.79. The van der Waals surface area contributed by atoms with E-state index in [1.165, 1.54) is 32.2 Å². The second-order valence-electron chi connectivity index (χ2n) is 10.1. The van der Waals surface area contributed by atoms with Crippen molar-refractivity contribution in [3.05, 3.63) is 51.6 Å². The number of phenolic OH excluding ortho intramolecular Hbond substituents is 2. The molecule has 0 radical (unpaired) electrons. The smallest absolute Gasteiger partial charge is 0.202 e. The van der Waals surface area contributed by atoms with Crippen molar-refractivity contribution in [2.45, 2.75) is 69.4 Å². The van der Waals surface area contributed by atoms with E-state index in [1.807, 2.05) is 0 Å². The number of benzene rings is 2. The molecule has 0 saturated carbocycles. The molecule has 0 bridgehead atoms. The monoisotopic (exact) mass is 527 g/mol. The van der Waals surface area contributed by atoms with E-state index in [-0.39, 0.29) is 40.8 Å². The minimum atomic E-state index is -2.00. The summed E-state index contributed by atoms with van der Waals surface area (Å²) in [5, 5.41) is 44.1. The SMILES string of the molecule is COc1cccc2c1C(=O)c1c(O)c3c(c(O)c1C2=O)C[C@@](O)(C(C)=O)C[C@@H]3O[C@@H]1CC(N)[C@H](O)C(C)O1. The fourth-order valence-electron chi connectivity index (χ4n) is 5.66. The second-order valence-corrected chi connectivity index (χ2v) is 10.1. The Bertz CT molecular complexity index is 1360. The number of carbonyl (C=O) groups excluding carboxylic acids is 3. The van der Waals surface area contributed by atoms with Crippen molar-refractivity contribution in [1.82, 2.24) is 0 Å². The Hall–Kier alpha value is -3.35. The Kier molecular flexibility index (Phi) is 6.32. The van der Waals surface area contributed by atoms with Crippen molar-refractivity contribution in [2.24, 2.45) is 5.73 Å². The van der Waals surface area contributed by atoms with Crippen molar-refractivity contribution in [3.8, 4) is 17.2 Å². The third-order valence-electron chi connectivity index (χ3n) is 7.80. The first-order valence-electron chi connectivity index (χ1n) is 12.2. The molecular formula is C27H29NO10. The van der Waals surface area contributed by atoms with Crippen LogP contribution in [0, 0.1) is 0 Å².